The molecule has 1 atom stereocenters. The summed E-state index contributed by atoms with van der Waals surface area (Å²) in [5.41, 5.74) is 3.35. The standard InChI is InChI=1S/C22H24N4O2S/c1-5-26-20(17-11-9-14(2)10-12-17)24-25-22(26)29-16(4)21(28)23-19-8-6-7-18(13-19)15(3)27/h6-13,16H,5H2,1-4H3,(H,23,28). The number of benzene rings is 2. The van der Waals surface area contributed by atoms with E-state index in [0.717, 1.165) is 11.4 Å². The molecule has 0 radical (unpaired) electrons. The van der Waals surface area contributed by atoms with Crippen LogP contribution in [0.3, 0.4) is 0 Å². The molecule has 1 amide bonds. The second-order valence-electron chi connectivity index (χ2n) is 6.80. The number of nitrogens with zero attached hydrogens (tertiary/aromatic N) is 3. The van der Waals surface area contributed by atoms with Crippen LogP contribution in [0.1, 0.15) is 36.7 Å². The summed E-state index contributed by atoms with van der Waals surface area (Å²) in [6.45, 7) is 8.11. The Bertz CT molecular complexity index is 1030. The van der Waals surface area contributed by atoms with Crippen molar-refractivity contribution >= 4 is 29.1 Å². The van der Waals surface area contributed by atoms with Crippen LogP contribution in [0.5, 0.6) is 0 Å². The highest BCUT2D eigenvalue weighted by molar-refractivity contribution is 8.00. The van der Waals surface area contributed by atoms with E-state index in [4.69, 9.17) is 0 Å². The number of carbonyl (C=O) groups is 2. The van der Waals surface area contributed by atoms with Crippen molar-refractivity contribution in [1.82, 2.24) is 14.8 Å². The van der Waals surface area contributed by atoms with Crippen LogP contribution in [0.15, 0.2) is 53.7 Å². The van der Waals surface area contributed by atoms with Gasteiger partial charge in [0, 0.05) is 23.4 Å². The molecular weight excluding hydrogens is 384 g/mol. The molecule has 0 saturated carbocycles. The molecule has 0 aliphatic heterocycles. The molecule has 29 heavy (non-hydrogen) atoms. The van der Waals surface area contributed by atoms with E-state index >= 15 is 0 Å². The molecule has 0 aliphatic rings. The molecule has 0 fully saturated rings. The molecule has 1 N–H and O–H groups in total. The van der Waals surface area contributed by atoms with Gasteiger partial charge in [0.1, 0.15) is 0 Å². The zero-order valence-corrected chi connectivity index (χ0v) is 17.8. The molecule has 1 aromatic heterocycles. The highest BCUT2D eigenvalue weighted by atomic mass is 32.2. The van der Waals surface area contributed by atoms with Crippen LogP contribution in [0, 0.1) is 6.92 Å². The lowest BCUT2D eigenvalue weighted by Crippen LogP contribution is -2.23. The van der Waals surface area contributed by atoms with E-state index in [0.29, 0.717) is 23.0 Å². The fourth-order valence-corrected chi connectivity index (χ4v) is 3.76. The predicted octanol–water partition coefficient (Wildman–Crippen LogP) is 4.60. The van der Waals surface area contributed by atoms with Gasteiger partial charge in [-0.1, -0.05) is 53.7 Å². The van der Waals surface area contributed by atoms with Crippen LogP contribution in [-0.2, 0) is 11.3 Å². The van der Waals surface area contributed by atoms with Crippen LogP contribution in [0.4, 0.5) is 5.69 Å². The number of anilines is 1. The SMILES string of the molecule is CCn1c(SC(C)C(=O)Nc2cccc(C(C)=O)c2)nnc1-c1ccc(C)cc1. The van der Waals surface area contributed by atoms with Crippen LogP contribution < -0.4 is 5.32 Å². The second-order valence-corrected chi connectivity index (χ2v) is 8.11. The van der Waals surface area contributed by atoms with Gasteiger partial charge in [0.05, 0.1) is 5.25 Å². The first-order chi connectivity index (χ1) is 13.9. The molecule has 1 unspecified atom stereocenters. The topological polar surface area (TPSA) is 76.9 Å². The first-order valence-corrected chi connectivity index (χ1v) is 10.4. The van der Waals surface area contributed by atoms with Gasteiger partial charge in [-0.3, -0.25) is 9.59 Å². The van der Waals surface area contributed by atoms with E-state index in [2.05, 4.69) is 15.5 Å². The number of thioether (sulfide) groups is 1. The van der Waals surface area contributed by atoms with Crippen LogP contribution in [0.25, 0.3) is 11.4 Å². The Morgan fingerprint density at radius 3 is 2.52 bits per heavy atom. The van der Waals surface area contributed by atoms with Gasteiger partial charge in [0.15, 0.2) is 16.8 Å². The highest BCUT2D eigenvalue weighted by Gasteiger charge is 2.20. The molecule has 150 valence electrons. The second kappa shape index (κ2) is 9.05. The normalized spacial score (nSPS) is 11.9. The summed E-state index contributed by atoms with van der Waals surface area (Å²) in [6.07, 6.45) is 0. The minimum absolute atomic E-state index is 0.0387. The molecule has 2 aromatic carbocycles. The van der Waals surface area contributed by atoms with E-state index in [-0.39, 0.29) is 16.9 Å². The lowest BCUT2D eigenvalue weighted by Gasteiger charge is -2.13. The Labute approximate surface area is 174 Å². The molecule has 0 aliphatic carbocycles. The van der Waals surface area contributed by atoms with E-state index in [1.165, 1.54) is 24.2 Å². The van der Waals surface area contributed by atoms with Gasteiger partial charge >= 0.3 is 0 Å². The van der Waals surface area contributed by atoms with Crippen molar-refractivity contribution in [2.45, 2.75) is 44.6 Å². The average molecular weight is 409 g/mol. The third-order valence-corrected chi connectivity index (χ3v) is 5.61. The summed E-state index contributed by atoms with van der Waals surface area (Å²) in [6, 6.07) is 15.1. The van der Waals surface area contributed by atoms with E-state index < -0.39 is 0 Å². The quantitative estimate of drug-likeness (QED) is 0.457. The van der Waals surface area contributed by atoms with Gasteiger partial charge in [-0.05, 0) is 39.8 Å². The molecule has 3 rings (SSSR count). The van der Waals surface area contributed by atoms with E-state index in [9.17, 15) is 9.59 Å². The Morgan fingerprint density at radius 1 is 1.14 bits per heavy atom. The first-order valence-electron chi connectivity index (χ1n) is 9.47. The molecule has 7 heteroatoms. The fourth-order valence-electron chi connectivity index (χ4n) is 2.85. The van der Waals surface area contributed by atoms with E-state index in [1.54, 1.807) is 24.3 Å². The van der Waals surface area contributed by atoms with Crippen molar-refractivity contribution < 1.29 is 9.59 Å². The molecular formula is C22H24N4O2S. The van der Waals surface area contributed by atoms with E-state index in [1.807, 2.05) is 49.6 Å². The molecule has 0 spiro atoms. The van der Waals surface area contributed by atoms with Crippen molar-refractivity contribution in [2.75, 3.05) is 5.32 Å². The van der Waals surface area contributed by atoms with Crippen molar-refractivity contribution in [3.63, 3.8) is 0 Å². The number of carbonyl (C=O) groups excluding carboxylic acids is 2. The number of nitrogens with one attached hydrogen (secondary N) is 1. The number of amides is 1. The third-order valence-electron chi connectivity index (χ3n) is 4.53. The maximum Gasteiger partial charge on any atom is 0.237 e. The van der Waals surface area contributed by atoms with Crippen LogP contribution in [-0.4, -0.2) is 31.7 Å². The number of hydrogen-bond donors (Lipinski definition) is 1. The highest BCUT2D eigenvalue weighted by Crippen LogP contribution is 2.27. The Kier molecular flexibility index (Phi) is 6.49. The molecule has 0 saturated heterocycles. The van der Waals surface area contributed by atoms with Crippen molar-refractivity contribution in [3.05, 3.63) is 59.7 Å². The van der Waals surface area contributed by atoms with Crippen molar-refractivity contribution in [3.8, 4) is 11.4 Å². The third kappa shape index (κ3) is 4.92. The summed E-state index contributed by atoms with van der Waals surface area (Å²) < 4.78 is 2.01. The maximum absolute atomic E-state index is 12.6. The van der Waals surface area contributed by atoms with Gasteiger partial charge in [-0.2, -0.15) is 0 Å². The smallest absolute Gasteiger partial charge is 0.237 e. The zero-order valence-electron chi connectivity index (χ0n) is 17.0. The molecule has 0 bridgehead atoms. The van der Waals surface area contributed by atoms with Gasteiger partial charge in [0.25, 0.3) is 0 Å². The number of aryl methyl sites for hydroxylation is 1. The zero-order chi connectivity index (χ0) is 21.0. The largest absolute Gasteiger partial charge is 0.325 e. The Balaban J connectivity index is 1.74. The minimum Gasteiger partial charge on any atom is -0.325 e. The Morgan fingerprint density at radius 2 is 1.86 bits per heavy atom. The monoisotopic (exact) mass is 408 g/mol. The predicted molar refractivity (Wildman–Crippen MR) is 116 cm³/mol. The van der Waals surface area contributed by atoms with Crippen LogP contribution in [0.2, 0.25) is 0 Å². The number of aromatic nitrogens is 3. The first kappa shape index (κ1) is 20.8. The minimum atomic E-state index is -0.378. The molecule has 3 aromatic rings. The number of rotatable bonds is 7. The van der Waals surface area contributed by atoms with Crippen LogP contribution >= 0.6 is 11.8 Å². The summed E-state index contributed by atoms with van der Waals surface area (Å²) in [5, 5.41) is 11.8. The lowest BCUT2D eigenvalue weighted by molar-refractivity contribution is -0.115. The summed E-state index contributed by atoms with van der Waals surface area (Å²) in [7, 11) is 0. The number of ketones is 1. The lowest BCUT2D eigenvalue weighted by atomic mass is 10.1. The molecule has 1 heterocycles. The Hall–Kier alpha value is -2.93. The van der Waals surface area contributed by atoms with Gasteiger partial charge in [0.2, 0.25) is 5.91 Å². The van der Waals surface area contributed by atoms with Gasteiger partial charge in [-0.25, -0.2) is 0 Å². The van der Waals surface area contributed by atoms with Gasteiger partial charge < -0.3 is 9.88 Å². The fraction of sp³-hybridized carbons (Fsp3) is 0.273. The van der Waals surface area contributed by atoms with Crippen molar-refractivity contribution in [2.24, 2.45) is 0 Å². The maximum atomic E-state index is 12.6. The summed E-state index contributed by atoms with van der Waals surface area (Å²) in [5.74, 6) is 0.596. The van der Waals surface area contributed by atoms with Crippen molar-refractivity contribution in [1.29, 1.82) is 0 Å². The number of hydrogen-bond acceptors (Lipinski definition) is 5. The summed E-state index contributed by atoms with van der Waals surface area (Å²) >= 11 is 1.36. The average Bonchev–Trinajstić information content (AvgIpc) is 3.11. The van der Waals surface area contributed by atoms with Gasteiger partial charge in [-0.15, -0.1) is 10.2 Å². The number of Topliss-reactive ketones (excluding diaryl/α,β-unsaturated/α-hetero) is 1. The summed E-state index contributed by atoms with van der Waals surface area (Å²) in [4.78, 5) is 24.2. The molecule has 6 nitrogen and oxygen atoms in total.